The number of ether oxygens (including phenoxy) is 4. The quantitative estimate of drug-likeness (QED) is 0.183. The summed E-state index contributed by atoms with van der Waals surface area (Å²) in [5.74, 6) is 0.920. The van der Waals surface area contributed by atoms with E-state index in [1.165, 1.54) is 0 Å². The Morgan fingerprint density at radius 2 is 1.90 bits per heavy atom. The number of rotatable bonds is 7. The molecule has 1 aliphatic heterocycles. The van der Waals surface area contributed by atoms with Crippen molar-refractivity contribution in [2.45, 2.75) is 33.6 Å². The minimum atomic E-state index is -0.664. The first-order valence-corrected chi connectivity index (χ1v) is 13.4. The molecule has 0 saturated heterocycles. The monoisotopic (exact) mass is 572 g/mol. The summed E-state index contributed by atoms with van der Waals surface area (Å²) in [6.07, 6.45) is 0. The van der Waals surface area contributed by atoms with Gasteiger partial charge in [0.25, 0.3) is 0 Å². The second-order valence-corrected chi connectivity index (χ2v) is 10.7. The van der Waals surface area contributed by atoms with Crippen LogP contribution in [0.2, 0.25) is 5.02 Å². The Morgan fingerprint density at radius 1 is 1.12 bits per heavy atom. The summed E-state index contributed by atoms with van der Waals surface area (Å²) in [4.78, 5) is 13.1. The van der Waals surface area contributed by atoms with Crippen molar-refractivity contribution in [2.75, 3.05) is 13.7 Å². The van der Waals surface area contributed by atoms with Crippen LogP contribution < -0.4 is 24.7 Å². The summed E-state index contributed by atoms with van der Waals surface area (Å²) in [5, 5.41) is 11.3. The number of nitriles is 1. The number of hydrogen-bond donors (Lipinski definition) is 1. The molecule has 41 heavy (non-hydrogen) atoms. The van der Waals surface area contributed by atoms with Crippen molar-refractivity contribution in [2.24, 2.45) is 11.7 Å². The summed E-state index contributed by atoms with van der Waals surface area (Å²) < 4.78 is 28.8. The minimum Gasteiger partial charge on any atom is -0.493 e. The number of nitrogens with two attached hydrogens (primary N) is 1. The lowest BCUT2D eigenvalue weighted by Gasteiger charge is -2.27. The molecule has 1 unspecified atom stereocenters. The molecule has 0 fully saturated rings. The van der Waals surface area contributed by atoms with E-state index in [1.807, 2.05) is 25.1 Å². The molecule has 1 aromatic heterocycles. The molecule has 2 heterocycles. The Labute approximate surface area is 242 Å². The smallest absolute Gasteiger partial charge is 0.379 e. The summed E-state index contributed by atoms with van der Waals surface area (Å²) in [6.45, 7) is 8.30. The van der Waals surface area contributed by atoms with Gasteiger partial charge in [-0.1, -0.05) is 37.6 Å². The maximum atomic E-state index is 13.1. The molecule has 0 saturated carbocycles. The summed E-state index contributed by atoms with van der Waals surface area (Å²) in [5.41, 5.74) is 9.90. The van der Waals surface area contributed by atoms with Crippen molar-refractivity contribution in [3.63, 3.8) is 0 Å². The predicted octanol–water partition coefficient (Wildman–Crippen LogP) is 7.18. The van der Waals surface area contributed by atoms with Gasteiger partial charge in [-0.15, -0.1) is 0 Å². The van der Waals surface area contributed by atoms with Gasteiger partial charge in [-0.3, -0.25) is 0 Å². The zero-order valence-corrected chi connectivity index (χ0v) is 24.1. The lowest BCUT2D eigenvalue weighted by atomic mass is 9.83. The van der Waals surface area contributed by atoms with Gasteiger partial charge >= 0.3 is 5.97 Å². The lowest BCUT2D eigenvalue weighted by molar-refractivity contribution is 0.0702. The third-order valence-electron chi connectivity index (χ3n) is 6.90. The van der Waals surface area contributed by atoms with E-state index in [0.29, 0.717) is 51.5 Å². The molecule has 0 aliphatic carbocycles. The van der Waals surface area contributed by atoms with Crippen molar-refractivity contribution in [3.8, 4) is 29.1 Å². The van der Waals surface area contributed by atoms with Gasteiger partial charge in [0.1, 0.15) is 28.7 Å². The molecule has 4 aromatic rings. The van der Waals surface area contributed by atoms with Crippen LogP contribution in [0, 0.1) is 31.1 Å². The highest BCUT2D eigenvalue weighted by molar-refractivity contribution is 6.32. The van der Waals surface area contributed by atoms with Crippen LogP contribution in [0.3, 0.4) is 0 Å². The normalized spacial score (nSPS) is 14.4. The molecule has 1 aliphatic rings. The largest absolute Gasteiger partial charge is 0.493 e. The number of aryl methyl sites for hydroxylation is 2. The Kier molecular flexibility index (Phi) is 7.57. The standard InChI is InChI=1S/C32H29ClN2O6/c1-16(2)15-38-25-9-6-19(11-28(25)37-5)29-21-8-7-20(12-27(21)41-31(35)23(29)14-34)39-32(36)30-18(4)22-13-24(33)17(3)10-26(22)40-30/h6-13,16,29H,15,35H2,1-5H3. The topological polar surface area (TPSA) is 117 Å². The van der Waals surface area contributed by atoms with E-state index in [2.05, 4.69) is 19.9 Å². The Balaban J connectivity index is 1.47. The average molecular weight is 573 g/mol. The molecule has 9 heteroatoms. The third kappa shape index (κ3) is 5.29. The highest BCUT2D eigenvalue weighted by atomic mass is 35.5. The van der Waals surface area contributed by atoms with E-state index in [0.717, 1.165) is 16.5 Å². The zero-order chi connectivity index (χ0) is 29.4. The Morgan fingerprint density at radius 3 is 2.61 bits per heavy atom. The van der Waals surface area contributed by atoms with Crippen LogP contribution in [0.5, 0.6) is 23.0 Å². The maximum Gasteiger partial charge on any atom is 0.379 e. The highest BCUT2D eigenvalue weighted by Crippen LogP contribution is 2.45. The number of carbonyl (C=O) groups excluding carboxylic acids is 1. The molecule has 3 aromatic carbocycles. The number of furan rings is 1. The number of allylic oxidation sites excluding steroid dienone is 1. The van der Waals surface area contributed by atoms with E-state index >= 15 is 0 Å². The van der Waals surface area contributed by atoms with E-state index in [4.69, 9.17) is 40.7 Å². The minimum absolute atomic E-state index is 0.0343. The van der Waals surface area contributed by atoms with Gasteiger partial charge in [0, 0.05) is 27.6 Å². The molecular formula is C32H29ClN2O6. The first-order chi connectivity index (χ1) is 19.6. The fourth-order valence-corrected chi connectivity index (χ4v) is 4.93. The van der Waals surface area contributed by atoms with Gasteiger partial charge in [0.2, 0.25) is 11.6 Å². The van der Waals surface area contributed by atoms with Crippen LogP contribution in [0.15, 0.2) is 64.4 Å². The van der Waals surface area contributed by atoms with Crippen molar-refractivity contribution in [3.05, 3.63) is 93.0 Å². The van der Waals surface area contributed by atoms with Crippen molar-refractivity contribution in [1.82, 2.24) is 0 Å². The molecule has 2 N–H and O–H groups in total. The second-order valence-electron chi connectivity index (χ2n) is 10.3. The summed E-state index contributed by atoms with van der Waals surface area (Å²) >= 11 is 6.27. The number of benzene rings is 3. The number of fused-ring (bicyclic) bond motifs is 2. The molecule has 0 bridgehead atoms. The molecule has 0 radical (unpaired) electrons. The zero-order valence-electron chi connectivity index (χ0n) is 23.3. The van der Waals surface area contributed by atoms with Gasteiger partial charge in [0.15, 0.2) is 11.5 Å². The van der Waals surface area contributed by atoms with Gasteiger partial charge in [0.05, 0.1) is 19.6 Å². The fourth-order valence-electron chi connectivity index (χ4n) is 4.77. The van der Waals surface area contributed by atoms with Crippen molar-refractivity contribution < 1.29 is 28.2 Å². The first kappa shape index (κ1) is 27.9. The van der Waals surface area contributed by atoms with Crippen molar-refractivity contribution in [1.29, 1.82) is 5.26 Å². The fraction of sp³-hybridized carbons (Fsp3) is 0.250. The number of carbonyl (C=O) groups is 1. The number of hydrogen-bond acceptors (Lipinski definition) is 8. The van der Waals surface area contributed by atoms with E-state index in [-0.39, 0.29) is 23.0 Å². The number of nitrogens with zero attached hydrogens (tertiary/aromatic N) is 1. The van der Waals surface area contributed by atoms with E-state index in [1.54, 1.807) is 44.4 Å². The first-order valence-electron chi connectivity index (χ1n) is 13.0. The number of methoxy groups -OCH3 is 1. The van der Waals surface area contributed by atoms with Crippen LogP contribution in [0.1, 0.15) is 52.6 Å². The second kappa shape index (κ2) is 11.1. The van der Waals surface area contributed by atoms with Crippen LogP contribution >= 0.6 is 11.6 Å². The molecule has 0 amide bonds. The summed E-state index contributed by atoms with van der Waals surface area (Å²) in [6, 6.07) is 16.2. The van der Waals surface area contributed by atoms with E-state index < -0.39 is 11.9 Å². The SMILES string of the molecule is COc1cc(C2C(C#N)=C(N)Oc3cc(OC(=O)c4oc5cc(C)c(Cl)cc5c4C)ccc32)ccc1OCC(C)C. The van der Waals surface area contributed by atoms with Gasteiger partial charge < -0.3 is 29.1 Å². The van der Waals surface area contributed by atoms with E-state index in [9.17, 15) is 10.1 Å². The molecular weight excluding hydrogens is 544 g/mol. The van der Waals surface area contributed by atoms with Gasteiger partial charge in [-0.05, 0) is 61.2 Å². The van der Waals surface area contributed by atoms with Crippen molar-refractivity contribution >= 4 is 28.5 Å². The third-order valence-corrected chi connectivity index (χ3v) is 7.30. The molecule has 5 rings (SSSR count). The van der Waals surface area contributed by atoms with Crippen LogP contribution in [-0.4, -0.2) is 19.7 Å². The predicted molar refractivity (Wildman–Crippen MR) is 155 cm³/mol. The highest BCUT2D eigenvalue weighted by Gasteiger charge is 2.32. The van der Waals surface area contributed by atoms with Gasteiger partial charge in [-0.2, -0.15) is 5.26 Å². The average Bonchev–Trinajstić information content (AvgIpc) is 3.26. The molecule has 0 spiro atoms. The molecule has 8 nitrogen and oxygen atoms in total. The Hall–Kier alpha value is -4.61. The lowest BCUT2D eigenvalue weighted by Crippen LogP contribution is -2.21. The van der Waals surface area contributed by atoms with Crippen LogP contribution in [-0.2, 0) is 0 Å². The summed E-state index contributed by atoms with van der Waals surface area (Å²) in [7, 11) is 1.56. The molecule has 210 valence electrons. The number of halogens is 1. The number of esters is 1. The Bertz CT molecular complexity index is 1750. The molecule has 1 atom stereocenters. The van der Waals surface area contributed by atoms with Gasteiger partial charge in [-0.25, -0.2) is 4.79 Å². The maximum absolute atomic E-state index is 13.1. The van der Waals surface area contributed by atoms with Crippen LogP contribution in [0.4, 0.5) is 0 Å². The van der Waals surface area contributed by atoms with Crippen LogP contribution in [0.25, 0.3) is 11.0 Å².